The number of nitrogens with one attached hydrogen (secondary N) is 1. The Kier molecular flexibility index (Phi) is 6.62. The van der Waals surface area contributed by atoms with Gasteiger partial charge in [-0.25, -0.2) is 8.42 Å². The normalized spacial score (nSPS) is 18.2. The van der Waals surface area contributed by atoms with E-state index in [9.17, 15) is 13.2 Å². The van der Waals surface area contributed by atoms with Crippen molar-refractivity contribution in [3.05, 3.63) is 29.8 Å². The van der Waals surface area contributed by atoms with Gasteiger partial charge >= 0.3 is 0 Å². The number of nitrogens with zero attached hydrogens (tertiary/aromatic N) is 1. The van der Waals surface area contributed by atoms with Crippen LogP contribution in [0.4, 0.5) is 5.69 Å². The first-order valence-corrected chi connectivity index (χ1v) is 10.1. The van der Waals surface area contributed by atoms with Gasteiger partial charge in [-0.2, -0.15) is 0 Å². The lowest BCUT2D eigenvalue weighted by molar-refractivity contribution is -0.00311. The molecular weight excluding hydrogens is 328 g/mol. The number of rotatable bonds is 7. The first-order valence-electron chi connectivity index (χ1n) is 8.46. The molecule has 0 spiro atoms. The van der Waals surface area contributed by atoms with Crippen LogP contribution in [0.25, 0.3) is 0 Å². The summed E-state index contributed by atoms with van der Waals surface area (Å²) in [5.41, 5.74) is 1.01. The highest BCUT2D eigenvalue weighted by molar-refractivity contribution is 7.92. The average molecular weight is 354 g/mol. The van der Waals surface area contributed by atoms with Crippen LogP contribution in [0.2, 0.25) is 0 Å². The van der Waals surface area contributed by atoms with E-state index in [2.05, 4.69) is 4.72 Å². The van der Waals surface area contributed by atoms with Crippen molar-refractivity contribution in [3.63, 3.8) is 0 Å². The van der Waals surface area contributed by atoms with E-state index >= 15 is 0 Å². The first kappa shape index (κ1) is 18.7. The Morgan fingerprint density at radius 3 is 2.50 bits per heavy atom. The predicted molar refractivity (Wildman–Crippen MR) is 94.7 cm³/mol. The standard InChI is InChI=1S/C17H26N2O4S/c1-3-19(13-16-7-5-6-12-23-16)17(20)14-8-10-15(11-9-14)18-24(21,22)4-2/h8-11,16,18H,3-7,12-13H2,1-2H3/t16-/m1/s1. The van der Waals surface area contributed by atoms with Crippen LogP contribution in [0.15, 0.2) is 24.3 Å². The van der Waals surface area contributed by atoms with Crippen molar-refractivity contribution >= 4 is 21.6 Å². The molecule has 1 aromatic carbocycles. The minimum atomic E-state index is -3.31. The topological polar surface area (TPSA) is 75.7 Å². The van der Waals surface area contributed by atoms with Crippen LogP contribution >= 0.6 is 0 Å². The van der Waals surface area contributed by atoms with E-state index in [4.69, 9.17) is 4.74 Å². The van der Waals surface area contributed by atoms with Crippen molar-refractivity contribution in [1.82, 2.24) is 4.90 Å². The molecule has 1 aliphatic rings. The van der Waals surface area contributed by atoms with Crippen LogP contribution in [0.5, 0.6) is 0 Å². The SMILES string of the molecule is CCN(C[C@H]1CCCCO1)C(=O)c1ccc(NS(=O)(=O)CC)cc1. The molecule has 7 heteroatoms. The predicted octanol–water partition coefficient (Wildman–Crippen LogP) is 2.48. The van der Waals surface area contributed by atoms with Crippen LogP contribution in [0.3, 0.4) is 0 Å². The monoisotopic (exact) mass is 354 g/mol. The third-order valence-corrected chi connectivity index (χ3v) is 5.46. The molecule has 0 aliphatic carbocycles. The summed E-state index contributed by atoms with van der Waals surface area (Å²) in [6.07, 6.45) is 3.33. The minimum absolute atomic E-state index is 0.0126. The van der Waals surface area contributed by atoms with Gasteiger partial charge < -0.3 is 9.64 Å². The first-order chi connectivity index (χ1) is 11.4. The highest BCUT2D eigenvalue weighted by Crippen LogP contribution is 2.17. The largest absolute Gasteiger partial charge is 0.376 e. The lowest BCUT2D eigenvalue weighted by Crippen LogP contribution is -2.39. The summed E-state index contributed by atoms with van der Waals surface area (Å²) < 4.78 is 31.3. The fourth-order valence-electron chi connectivity index (χ4n) is 2.67. The Bertz CT molecular complexity index is 637. The number of hydrogen-bond acceptors (Lipinski definition) is 4. The number of carbonyl (C=O) groups is 1. The zero-order valence-corrected chi connectivity index (χ0v) is 15.1. The maximum absolute atomic E-state index is 12.6. The second-order valence-electron chi connectivity index (χ2n) is 5.92. The molecule has 1 amide bonds. The second-order valence-corrected chi connectivity index (χ2v) is 7.93. The number of amides is 1. The molecule has 1 atom stereocenters. The molecule has 0 unspecified atom stereocenters. The molecule has 1 fully saturated rings. The molecule has 0 aromatic heterocycles. The molecule has 0 radical (unpaired) electrons. The van der Waals surface area contributed by atoms with Gasteiger partial charge in [0, 0.05) is 30.9 Å². The molecule has 1 aromatic rings. The quantitative estimate of drug-likeness (QED) is 0.816. The Morgan fingerprint density at radius 2 is 1.96 bits per heavy atom. The molecular formula is C17H26N2O4S. The van der Waals surface area contributed by atoms with Crippen LogP contribution in [0.1, 0.15) is 43.5 Å². The van der Waals surface area contributed by atoms with Crippen LogP contribution in [0, 0.1) is 0 Å². The molecule has 1 saturated heterocycles. The van der Waals surface area contributed by atoms with Gasteiger partial charge in [-0.15, -0.1) is 0 Å². The molecule has 1 heterocycles. The number of likely N-dealkylation sites (N-methyl/N-ethyl adjacent to an activating group) is 1. The molecule has 24 heavy (non-hydrogen) atoms. The van der Waals surface area contributed by atoms with Crippen molar-refractivity contribution in [2.75, 3.05) is 30.2 Å². The third-order valence-electron chi connectivity index (χ3n) is 4.15. The van der Waals surface area contributed by atoms with Gasteiger partial charge in [0.25, 0.3) is 5.91 Å². The van der Waals surface area contributed by atoms with Crippen LogP contribution < -0.4 is 4.72 Å². The summed E-state index contributed by atoms with van der Waals surface area (Å²) in [7, 11) is -3.31. The van der Waals surface area contributed by atoms with E-state index < -0.39 is 10.0 Å². The molecule has 1 aliphatic heterocycles. The summed E-state index contributed by atoms with van der Waals surface area (Å²) in [6.45, 7) is 5.50. The average Bonchev–Trinajstić information content (AvgIpc) is 2.60. The van der Waals surface area contributed by atoms with Crippen molar-refractivity contribution in [1.29, 1.82) is 0 Å². The number of carbonyl (C=O) groups excluding carboxylic acids is 1. The second kappa shape index (κ2) is 8.48. The zero-order chi connectivity index (χ0) is 17.6. The lowest BCUT2D eigenvalue weighted by Gasteiger charge is -2.29. The maximum atomic E-state index is 12.6. The van der Waals surface area contributed by atoms with E-state index in [1.807, 2.05) is 6.92 Å². The van der Waals surface area contributed by atoms with E-state index in [1.54, 1.807) is 36.1 Å². The number of anilines is 1. The van der Waals surface area contributed by atoms with Crippen molar-refractivity contribution in [2.24, 2.45) is 0 Å². The molecule has 134 valence electrons. The Labute approximate surface area is 144 Å². The third kappa shape index (κ3) is 5.21. The van der Waals surface area contributed by atoms with E-state index in [0.717, 1.165) is 25.9 Å². The lowest BCUT2D eigenvalue weighted by atomic mass is 10.1. The van der Waals surface area contributed by atoms with Gasteiger partial charge in [0.1, 0.15) is 0 Å². The van der Waals surface area contributed by atoms with Crippen molar-refractivity contribution in [2.45, 2.75) is 39.2 Å². The van der Waals surface area contributed by atoms with E-state index in [0.29, 0.717) is 24.3 Å². The summed E-state index contributed by atoms with van der Waals surface area (Å²) in [6, 6.07) is 6.54. The van der Waals surface area contributed by atoms with E-state index in [-0.39, 0.29) is 17.8 Å². The van der Waals surface area contributed by atoms with E-state index in [1.165, 1.54) is 0 Å². The summed E-state index contributed by atoms with van der Waals surface area (Å²) in [4.78, 5) is 14.4. The number of benzene rings is 1. The Balaban J connectivity index is 2.01. The molecule has 0 bridgehead atoms. The van der Waals surface area contributed by atoms with Crippen molar-refractivity contribution < 1.29 is 17.9 Å². The maximum Gasteiger partial charge on any atom is 0.253 e. The van der Waals surface area contributed by atoms with Gasteiger partial charge in [-0.05, 0) is 57.4 Å². The number of sulfonamides is 1. The van der Waals surface area contributed by atoms with Gasteiger partial charge in [-0.1, -0.05) is 0 Å². The minimum Gasteiger partial charge on any atom is -0.376 e. The van der Waals surface area contributed by atoms with Gasteiger partial charge in [0.15, 0.2) is 0 Å². The van der Waals surface area contributed by atoms with Crippen molar-refractivity contribution in [3.8, 4) is 0 Å². The summed E-state index contributed by atoms with van der Waals surface area (Å²) >= 11 is 0. The molecule has 2 rings (SSSR count). The van der Waals surface area contributed by atoms with Crippen LogP contribution in [-0.4, -0.2) is 50.8 Å². The smallest absolute Gasteiger partial charge is 0.253 e. The summed E-state index contributed by atoms with van der Waals surface area (Å²) in [5.74, 6) is -0.0461. The van der Waals surface area contributed by atoms with Gasteiger partial charge in [0.2, 0.25) is 10.0 Å². The summed E-state index contributed by atoms with van der Waals surface area (Å²) in [5, 5.41) is 0. The van der Waals surface area contributed by atoms with Crippen LogP contribution in [-0.2, 0) is 14.8 Å². The number of hydrogen-bond donors (Lipinski definition) is 1. The molecule has 1 N–H and O–H groups in total. The highest BCUT2D eigenvalue weighted by atomic mass is 32.2. The zero-order valence-electron chi connectivity index (χ0n) is 14.3. The molecule has 0 saturated carbocycles. The Morgan fingerprint density at radius 1 is 1.25 bits per heavy atom. The fourth-order valence-corrected chi connectivity index (χ4v) is 3.31. The fraction of sp³-hybridized carbons (Fsp3) is 0.588. The highest BCUT2D eigenvalue weighted by Gasteiger charge is 2.21. The molecule has 6 nitrogen and oxygen atoms in total. The Hall–Kier alpha value is -1.60. The number of ether oxygens (including phenoxy) is 1. The van der Waals surface area contributed by atoms with Gasteiger partial charge in [0.05, 0.1) is 11.9 Å². The van der Waals surface area contributed by atoms with Gasteiger partial charge in [-0.3, -0.25) is 9.52 Å².